The number of rotatable bonds is 5. The normalized spacial score (nSPS) is 26.0. The van der Waals surface area contributed by atoms with Gasteiger partial charge >= 0.3 is 0 Å². The molecule has 2 fully saturated rings. The smallest absolute Gasteiger partial charge is 0.247 e. The number of piperidine rings is 1. The van der Waals surface area contributed by atoms with Gasteiger partial charge in [-0.2, -0.15) is 0 Å². The molecule has 2 aliphatic heterocycles. The lowest BCUT2D eigenvalue weighted by Gasteiger charge is -2.38. The van der Waals surface area contributed by atoms with Crippen LogP contribution in [0.15, 0.2) is 30.3 Å². The van der Waals surface area contributed by atoms with E-state index in [9.17, 15) is 14.7 Å². The average molecular weight is 316 g/mol. The Morgan fingerprint density at radius 2 is 1.91 bits per heavy atom. The Hall–Kier alpha value is -1.72. The molecule has 1 aromatic rings. The van der Waals surface area contributed by atoms with E-state index in [1.165, 1.54) is 4.90 Å². The van der Waals surface area contributed by atoms with Crippen molar-refractivity contribution in [2.45, 2.75) is 50.7 Å². The molecule has 1 aromatic carbocycles. The van der Waals surface area contributed by atoms with E-state index in [0.29, 0.717) is 13.0 Å². The molecule has 0 radical (unpaired) electrons. The van der Waals surface area contributed by atoms with E-state index in [0.717, 1.165) is 31.4 Å². The molecule has 2 heterocycles. The molecule has 2 aliphatic rings. The Balaban J connectivity index is 1.72. The van der Waals surface area contributed by atoms with Crippen LogP contribution in [0.3, 0.4) is 0 Å². The lowest BCUT2D eigenvalue weighted by molar-refractivity contribution is -0.141. The highest BCUT2D eigenvalue weighted by Crippen LogP contribution is 2.28. The zero-order chi connectivity index (χ0) is 16.2. The van der Waals surface area contributed by atoms with Gasteiger partial charge in [-0.3, -0.25) is 19.4 Å². The molecule has 0 aliphatic carbocycles. The van der Waals surface area contributed by atoms with Gasteiger partial charge in [0.15, 0.2) is 0 Å². The van der Waals surface area contributed by atoms with Gasteiger partial charge in [-0.05, 0) is 31.4 Å². The molecular weight excluding hydrogens is 292 g/mol. The van der Waals surface area contributed by atoms with Gasteiger partial charge in [-0.1, -0.05) is 36.8 Å². The van der Waals surface area contributed by atoms with Crippen LogP contribution in [0.1, 0.15) is 37.7 Å². The Labute approximate surface area is 136 Å². The monoisotopic (exact) mass is 316 g/mol. The number of carbonyl (C=O) groups excluding carboxylic acids is 2. The Morgan fingerprint density at radius 3 is 2.65 bits per heavy atom. The lowest BCUT2D eigenvalue weighted by atomic mass is 9.97. The second kappa shape index (κ2) is 7.23. The van der Waals surface area contributed by atoms with E-state index < -0.39 is 0 Å². The molecule has 124 valence electrons. The molecule has 23 heavy (non-hydrogen) atoms. The molecule has 0 aromatic heterocycles. The van der Waals surface area contributed by atoms with Crippen LogP contribution in [-0.2, 0) is 16.1 Å². The number of nitrogens with zero attached hydrogens (tertiary/aromatic N) is 2. The SMILES string of the molecule is O=C1C[C@@H](N2CCCC[C@H]2CCO)C(=O)N1Cc1ccccc1. The maximum absolute atomic E-state index is 12.8. The van der Waals surface area contributed by atoms with Crippen molar-refractivity contribution < 1.29 is 14.7 Å². The molecule has 2 amide bonds. The third-order valence-corrected chi connectivity index (χ3v) is 4.94. The molecule has 0 saturated carbocycles. The number of benzene rings is 1. The predicted molar refractivity (Wildman–Crippen MR) is 86.5 cm³/mol. The summed E-state index contributed by atoms with van der Waals surface area (Å²) in [5.41, 5.74) is 0.973. The van der Waals surface area contributed by atoms with E-state index in [1.54, 1.807) is 0 Å². The number of aliphatic hydroxyl groups excluding tert-OH is 1. The predicted octanol–water partition coefficient (Wildman–Crippen LogP) is 1.55. The second-order valence-corrected chi connectivity index (χ2v) is 6.42. The summed E-state index contributed by atoms with van der Waals surface area (Å²) in [7, 11) is 0. The highest BCUT2D eigenvalue weighted by Gasteiger charge is 2.44. The molecule has 1 N–H and O–H groups in total. The minimum atomic E-state index is -0.344. The maximum Gasteiger partial charge on any atom is 0.247 e. The summed E-state index contributed by atoms with van der Waals surface area (Å²) in [5.74, 6) is -0.166. The summed E-state index contributed by atoms with van der Waals surface area (Å²) in [4.78, 5) is 28.7. The zero-order valence-electron chi connectivity index (χ0n) is 13.4. The fourth-order valence-corrected chi connectivity index (χ4v) is 3.75. The van der Waals surface area contributed by atoms with Gasteiger partial charge in [0.25, 0.3) is 0 Å². The minimum absolute atomic E-state index is 0.0799. The van der Waals surface area contributed by atoms with Crippen molar-refractivity contribution in [3.8, 4) is 0 Å². The van der Waals surface area contributed by atoms with Gasteiger partial charge in [-0.25, -0.2) is 0 Å². The molecule has 0 spiro atoms. The van der Waals surface area contributed by atoms with Crippen molar-refractivity contribution in [2.24, 2.45) is 0 Å². The first kappa shape index (κ1) is 16.1. The number of aliphatic hydroxyl groups is 1. The summed E-state index contributed by atoms with van der Waals surface area (Å²) >= 11 is 0. The highest BCUT2D eigenvalue weighted by molar-refractivity contribution is 6.05. The number of hydrogen-bond donors (Lipinski definition) is 1. The molecule has 5 heteroatoms. The van der Waals surface area contributed by atoms with Crippen molar-refractivity contribution >= 4 is 11.8 Å². The number of amides is 2. The summed E-state index contributed by atoms with van der Waals surface area (Å²) in [6, 6.07) is 9.49. The van der Waals surface area contributed by atoms with Gasteiger partial charge in [0, 0.05) is 12.6 Å². The van der Waals surface area contributed by atoms with E-state index in [2.05, 4.69) is 4.90 Å². The van der Waals surface area contributed by atoms with Crippen LogP contribution in [0.5, 0.6) is 0 Å². The average Bonchev–Trinajstić information content (AvgIpc) is 2.85. The summed E-state index contributed by atoms with van der Waals surface area (Å²) < 4.78 is 0. The maximum atomic E-state index is 12.8. The number of hydrogen-bond acceptors (Lipinski definition) is 4. The van der Waals surface area contributed by atoms with Crippen molar-refractivity contribution in [1.29, 1.82) is 0 Å². The van der Waals surface area contributed by atoms with Crippen LogP contribution in [0.2, 0.25) is 0 Å². The molecule has 0 unspecified atom stereocenters. The molecule has 3 rings (SSSR count). The van der Waals surface area contributed by atoms with E-state index in [-0.39, 0.29) is 36.9 Å². The zero-order valence-corrected chi connectivity index (χ0v) is 13.4. The van der Waals surface area contributed by atoms with Crippen LogP contribution in [0.25, 0.3) is 0 Å². The Kier molecular flexibility index (Phi) is 5.08. The fourth-order valence-electron chi connectivity index (χ4n) is 3.75. The third kappa shape index (κ3) is 3.46. The Morgan fingerprint density at radius 1 is 1.13 bits per heavy atom. The van der Waals surface area contributed by atoms with E-state index >= 15 is 0 Å². The van der Waals surface area contributed by atoms with Crippen molar-refractivity contribution in [3.05, 3.63) is 35.9 Å². The van der Waals surface area contributed by atoms with Crippen molar-refractivity contribution in [2.75, 3.05) is 13.2 Å². The Bertz CT molecular complexity index is 559. The van der Waals surface area contributed by atoms with E-state index in [4.69, 9.17) is 0 Å². The fraction of sp³-hybridized carbons (Fsp3) is 0.556. The molecule has 2 atom stereocenters. The van der Waals surface area contributed by atoms with Crippen molar-refractivity contribution in [1.82, 2.24) is 9.80 Å². The van der Waals surface area contributed by atoms with Gasteiger partial charge < -0.3 is 5.11 Å². The first-order valence-electron chi connectivity index (χ1n) is 8.45. The minimum Gasteiger partial charge on any atom is -0.396 e. The summed E-state index contributed by atoms with van der Waals surface area (Å²) in [6.07, 6.45) is 4.13. The van der Waals surface area contributed by atoms with Gasteiger partial charge in [0.1, 0.15) is 0 Å². The first-order valence-corrected chi connectivity index (χ1v) is 8.45. The van der Waals surface area contributed by atoms with Crippen LogP contribution in [-0.4, -0.2) is 52.0 Å². The number of carbonyl (C=O) groups is 2. The molecule has 2 saturated heterocycles. The van der Waals surface area contributed by atoms with Gasteiger partial charge in [0.2, 0.25) is 11.8 Å². The largest absolute Gasteiger partial charge is 0.396 e. The number of imide groups is 1. The third-order valence-electron chi connectivity index (χ3n) is 4.94. The molecular formula is C18H24N2O3. The van der Waals surface area contributed by atoms with Crippen LogP contribution in [0.4, 0.5) is 0 Å². The summed E-state index contributed by atoms with van der Waals surface area (Å²) in [6.45, 7) is 1.32. The standard InChI is InChI=1S/C18H24N2O3/c21-11-9-15-8-4-5-10-19(15)16-12-17(22)20(18(16)23)13-14-6-2-1-3-7-14/h1-3,6-7,15-16,21H,4-5,8-13H2/t15-,16+/m0/s1. The van der Waals surface area contributed by atoms with E-state index in [1.807, 2.05) is 30.3 Å². The molecule has 5 nitrogen and oxygen atoms in total. The quantitative estimate of drug-likeness (QED) is 0.837. The second-order valence-electron chi connectivity index (χ2n) is 6.42. The van der Waals surface area contributed by atoms with Gasteiger partial charge in [-0.15, -0.1) is 0 Å². The lowest BCUT2D eigenvalue weighted by Crippen LogP contribution is -2.50. The summed E-state index contributed by atoms with van der Waals surface area (Å²) in [5, 5.41) is 9.25. The highest BCUT2D eigenvalue weighted by atomic mass is 16.3. The van der Waals surface area contributed by atoms with Crippen LogP contribution in [0, 0.1) is 0 Å². The van der Waals surface area contributed by atoms with Crippen LogP contribution < -0.4 is 0 Å². The van der Waals surface area contributed by atoms with Crippen molar-refractivity contribution in [3.63, 3.8) is 0 Å². The topological polar surface area (TPSA) is 60.9 Å². The van der Waals surface area contributed by atoms with Crippen LogP contribution >= 0.6 is 0 Å². The number of likely N-dealkylation sites (tertiary alicyclic amines) is 2. The molecule has 0 bridgehead atoms. The van der Waals surface area contributed by atoms with Gasteiger partial charge in [0.05, 0.1) is 19.0 Å². The first-order chi connectivity index (χ1) is 11.2.